The smallest absolute Gasteiger partial charge is 0.338 e. The number of aliphatic carboxylic acids is 1. The minimum atomic E-state index is -1.27. The van der Waals surface area contributed by atoms with Gasteiger partial charge in [-0.3, -0.25) is 0 Å². The lowest BCUT2D eigenvalue weighted by Crippen LogP contribution is -2.46. The van der Waals surface area contributed by atoms with E-state index >= 15 is 0 Å². The molecule has 0 bridgehead atoms. The summed E-state index contributed by atoms with van der Waals surface area (Å²) < 4.78 is 0. The maximum absolute atomic E-state index is 11.4. The first-order valence-corrected chi connectivity index (χ1v) is 5.15. The number of rotatable bonds is 2. The van der Waals surface area contributed by atoms with Crippen molar-refractivity contribution in [1.29, 1.82) is 0 Å². The molecule has 1 aliphatic rings. The van der Waals surface area contributed by atoms with Gasteiger partial charge >= 0.3 is 5.97 Å². The average molecular weight is 236 g/mol. The van der Waals surface area contributed by atoms with Crippen LogP contribution in [0.25, 0.3) is 0 Å². The molecule has 0 amide bonds. The zero-order valence-electron chi connectivity index (χ0n) is 8.35. The third-order valence-corrected chi connectivity index (χ3v) is 2.83. The van der Waals surface area contributed by atoms with Gasteiger partial charge in [-0.05, 0) is 24.4 Å². The third-order valence-electron chi connectivity index (χ3n) is 2.50. The topological polar surface area (TPSA) is 49.3 Å². The van der Waals surface area contributed by atoms with Crippen LogP contribution >= 0.6 is 11.6 Å². The average Bonchev–Trinajstić information content (AvgIpc) is 2.30. The highest BCUT2D eigenvalue weighted by Gasteiger charge is 2.39. The molecule has 1 aliphatic heterocycles. The summed E-state index contributed by atoms with van der Waals surface area (Å²) in [5, 5.41) is 12.6. The van der Waals surface area contributed by atoms with Crippen molar-refractivity contribution >= 4 is 17.6 Å². The molecule has 0 radical (unpaired) electrons. The van der Waals surface area contributed by atoms with E-state index < -0.39 is 11.5 Å². The van der Waals surface area contributed by atoms with Crippen molar-refractivity contribution in [2.45, 2.75) is 5.54 Å². The lowest BCUT2D eigenvalue weighted by atomic mass is 9.88. The quantitative estimate of drug-likeness (QED) is 0.827. The van der Waals surface area contributed by atoms with Crippen molar-refractivity contribution in [3.05, 3.63) is 59.3 Å². The summed E-state index contributed by atoms with van der Waals surface area (Å²) in [6.07, 6.45) is 6.60. The van der Waals surface area contributed by atoms with E-state index in [0.29, 0.717) is 10.6 Å². The Labute approximate surface area is 98.0 Å². The van der Waals surface area contributed by atoms with Gasteiger partial charge in [-0.25, -0.2) is 4.79 Å². The van der Waals surface area contributed by atoms with E-state index in [9.17, 15) is 9.90 Å². The van der Waals surface area contributed by atoms with Gasteiger partial charge in [0.2, 0.25) is 0 Å². The monoisotopic (exact) mass is 235 g/mol. The van der Waals surface area contributed by atoms with Crippen LogP contribution in [0.3, 0.4) is 0 Å². The van der Waals surface area contributed by atoms with E-state index in [1.165, 1.54) is 0 Å². The van der Waals surface area contributed by atoms with Crippen molar-refractivity contribution in [2.75, 3.05) is 0 Å². The van der Waals surface area contributed by atoms with Crippen LogP contribution in [0.1, 0.15) is 5.56 Å². The number of dihydropyridines is 1. The molecule has 1 heterocycles. The van der Waals surface area contributed by atoms with Crippen LogP contribution in [0.2, 0.25) is 5.02 Å². The molecule has 82 valence electrons. The Morgan fingerprint density at radius 1 is 1.31 bits per heavy atom. The SMILES string of the molecule is O=C(O)C1(c2ccccc2Cl)C=CC=CN1. The first-order chi connectivity index (χ1) is 7.67. The van der Waals surface area contributed by atoms with Crippen LogP contribution in [0.4, 0.5) is 0 Å². The van der Waals surface area contributed by atoms with Crippen molar-refractivity contribution in [3.63, 3.8) is 0 Å². The maximum Gasteiger partial charge on any atom is 0.338 e. The molecular weight excluding hydrogens is 226 g/mol. The first-order valence-electron chi connectivity index (χ1n) is 4.77. The molecule has 0 aromatic heterocycles. The second-order valence-electron chi connectivity index (χ2n) is 3.46. The zero-order chi connectivity index (χ0) is 11.6. The van der Waals surface area contributed by atoms with Crippen LogP contribution in [0, 0.1) is 0 Å². The van der Waals surface area contributed by atoms with Gasteiger partial charge < -0.3 is 10.4 Å². The van der Waals surface area contributed by atoms with Gasteiger partial charge in [-0.2, -0.15) is 0 Å². The molecule has 1 aromatic carbocycles. The summed E-state index contributed by atoms with van der Waals surface area (Å²) in [7, 11) is 0. The van der Waals surface area contributed by atoms with Crippen LogP contribution in [-0.4, -0.2) is 11.1 Å². The molecule has 2 rings (SSSR count). The highest BCUT2D eigenvalue weighted by atomic mass is 35.5. The Balaban J connectivity index is 2.57. The number of nitrogens with one attached hydrogen (secondary N) is 1. The summed E-state index contributed by atoms with van der Waals surface area (Å²) in [4.78, 5) is 11.4. The molecule has 0 aliphatic carbocycles. The number of hydrogen-bond acceptors (Lipinski definition) is 2. The molecule has 0 fully saturated rings. The van der Waals surface area contributed by atoms with Crippen LogP contribution < -0.4 is 5.32 Å². The molecule has 16 heavy (non-hydrogen) atoms. The van der Waals surface area contributed by atoms with Gasteiger partial charge in [0.15, 0.2) is 5.54 Å². The molecule has 2 N–H and O–H groups in total. The van der Waals surface area contributed by atoms with Crippen molar-refractivity contribution in [3.8, 4) is 0 Å². The van der Waals surface area contributed by atoms with Gasteiger partial charge in [0.05, 0.1) is 0 Å². The van der Waals surface area contributed by atoms with E-state index in [2.05, 4.69) is 5.32 Å². The van der Waals surface area contributed by atoms with Gasteiger partial charge in [0.25, 0.3) is 0 Å². The molecule has 0 saturated carbocycles. The number of carboxylic acid groups (broad SMARTS) is 1. The predicted molar refractivity (Wildman–Crippen MR) is 62.2 cm³/mol. The molecule has 4 heteroatoms. The number of hydrogen-bond donors (Lipinski definition) is 2. The van der Waals surface area contributed by atoms with Gasteiger partial charge in [-0.1, -0.05) is 35.9 Å². The van der Waals surface area contributed by atoms with Crippen LogP contribution in [0.5, 0.6) is 0 Å². The third kappa shape index (κ3) is 1.59. The van der Waals surface area contributed by atoms with E-state index in [-0.39, 0.29) is 0 Å². The maximum atomic E-state index is 11.4. The Bertz CT molecular complexity index is 482. The molecule has 0 saturated heterocycles. The Kier molecular flexibility index (Phi) is 2.71. The molecule has 1 aromatic rings. The zero-order valence-corrected chi connectivity index (χ0v) is 9.11. The summed E-state index contributed by atoms with van der Waals surface area (Å²) in [6.45, 7) is 0. The minimum absolute atomic E-state index is 0.428. The van der Waals surface area contributed by atoms with Crippen molar-refractivity contribution < 1.29 is 9.90 Å². The summed E-state index contributed by atoms with van der Waals surface area (Å²) in [5.74, 6) is -0.985. The van der Waals surface area contributed by atoms with E-state index in [1.807, 2.05) is 0 Å². The lowest BCUT2D eigenvalue weighted by Gasteiger charge is -2.29. The number of allylic oxidation sites excluding steroid dienone is 2. The van der Waals surface area contributed by atoms with Crippen LogP contribution in [-0.2, 0) is 10.3 Å². The fourth-order valence-electron chi connectivity index (χ4n) is 1.68. The number of carboxylic acids is 1. The molecule has 1 atom stereocenters. The largest absolute Gasteiger partial charge is 0.479 e. The normalized spacial score (nSPS) is 22.8. The Morgan fingerprint density at radius 3 is 2.62 bits per heavy atom. The van der Waals surface area contributed by atoms with Crippen molar-refractivity contribution in [2.24, 2.45) is 0 Å². The Hall–Kier alpha value is -1.74. The van der Waals surface area contributed by atoms with Gasteiger partial charge in [0, 0.05) is 10.6 Å². The summed E-state index contributed by atoms with van der Waals surface area (Å²) in [6, 6.07) is 6.91. The number of halogens is 1. The van der Waals surface area contributed by atoms with Gasteiger partial charge in [0.1, 0.15) is 0 Å². The molecule has 1 unspecified atom stereocenters. The van der Waals surface area contributed by atoms with E-state index in [4.69, 9.17) is 11.6 Å². The standard InChI is InChI=1S/C12H10ClNO2/c13-10-6-2-1-5-9(10)12(11(15)16)7-3-4-8-14-12/h1-8,14H,(H,15,16). The first kappa shape index (κ1) is 10.8. The lowest BCUT2D eigenvalue weighted by molar-refractivity contribution is -0.142. The predicted octanol–water partition coefficient (Wildman–Crippen LogP) is 2.29. The molecule has 0 spiro atoms. The second kappa shape index (κ2) is 4.02. The Morgan fingerprint density at radius 2 is 2.06 bits per heavy atom. The minimum Gasteiger partial charge on any atom is -0.479 e. The van der Waals surface area contributed by atoms with Crippen LogP contribution in [0.15, 0.2) is 48.7 Å². The van der Waals surface area contributed by atoms with Crippen molar-refractivity contribution in [1.82, 2.24) is 5.32 Å². The second-order valence-corrected chi connectivity index (χ2v) is 3.86. The summed E-state index contributed by atoms with van der Waals surface area (Å²) in [5.41, 5.74) is -0.739. The fourth-order valence-corrected chi connectivity index (χ4v) is 1.96. The fraction of sp³-hybridized carbons (Fsp3) is 0.0833. The molecule has 3 nitrogen and oxygen atoms in total. The number of benzene rings is 1. The highest BCUT2D eigenvalue weighted by Crippen LogP contribution is 2.31. The van der Waals surface area contributed by atoms with Gasteiger partial charge in [-0.15, -0.1) is 0 Å². The van der Waals surface area contributed by atoms with E-state index in [0.717, 1.165) is 0 Å². The highest BCUT2D eigenvalue weighted by molar-refractivity contribution is 6.31. The number of carbonyl (C=O) groups is 1. The van der Waals surface area contributed by atoms with E-state index in [1.54, 1.807) is 48.7 Å². The summed E-state index contributed by atoms with van der Waals surface area (Å²) >= 11 is 6.03. The molecular formula is C12H10ClNO2.